The van der Waals surface area contributed by atoms with E-state index in [0.29, 0.717) is 12.1 Å². The summed E-state index contributed by atoms with van der Waals surface area (Å²) in [7, 11) is 0. The molecule has 0 spiro atoms. The van der Waals surface area contributed by atoms with Crippen molar-refractivity contribution in [3.05, 3.63) is 77.9 Å². The first-order valence-corrected chi connectivity index (χ1v) is 8.65. The molecule has 4 heteroatoms. The number of amides is 1. The summed E-state index contributed by atoms with van der Waals surface area (Å²) in [5, 5.41) is 2.83. The van der Waals surface area contributed by atoms with Gasteiger partial charge in [0.05, 0.1) is 0 Å². The predicted molar refractivity (Wildman–Crippen MR) is 104 cm³/mol. The third-order valence-corrected chi connectivity index (χ3v) is 3.67. The number of hydrogen-bond donors (Lipinski definition) is 1. The zero-order valence-corrected chi connectivity index (χ0v) is 15.4. The fraction of sp³-hybridized carbons (Fsp3) is 0.273. The lowest BCUT2D eigenvalue weighted by Crippen LogP contribution is -2.31. The van der Waals surface area contributed by atoms with Crippen molar-refractivity contribution >= 4 is 18.1 Å². The van der Waals surface area contributed by atoms with Crippen molar-refractivity contribution in [2.45, 2.75) is 38.7 Å². The van der Waals surface area contributed by atoms with E-state index in [-0.39, 0.29) is 5.92 Å². The summed E-state index contributed by atoms with van der Waals surface area (Å²) < 4.78 is 5.38. The second-order valence-electron chi connectivity index (χ2n) is 6.99. The number of hydrogen-bond acceptors (Lipinski definition) is 3. The van der Waals surface area contributed by atoms with E-state index in [1.54, 1.807) is 0 Å². The van der Waals surface area contributed by atoms with Gasteiger partial charge in [0.2, 0.25) is 0 Å². The highest BCUT2D eigenvalue weighted by Gasteiger charge is 2.18. The fourth-order valence-corrected chi connectivity index (χ4v) is 2.55. The van der Waals surface area contributed by atoms with Crippen LogP contribution in [-0.2, 0) is 9.53 Å². The van der Waals surface area contributed by atoms with Crippen LogP contribution in [0.5, 0.6) is 0 Å². The van der Waals surface area contributed by atoms with Crippen LogP contribution in [-0.4, -0.2) is 18.0 Å². The maximum atomic E-state index is 12.3. The zero-order valence-electron chi connectivity index (χ0n) is 15.4. The largest absolute Gasteiger partial charge is 0.444 e. The summed E-state index contributed by atoms with van der Waals surface area (Å²) in [6.07, 6.45) is 2.61. The van der Waals surface area contributed by atoms with E-state index in [4.69, 9.17) is 4.74 Å². The molecule has 1 amide bonds. The number of aldehydes is 1. The molecule has 0 aliphatic heterocycles. The van der Waals surface area contributed by atoms with Crippen molar-refractivity contribution in [2.75, 3.05) is 0 Å². The molecule has 136 valence electrons. The van der Waals surface area contributed by atoms with Gasteiger partial charge in [0, 0.05) is 18.0 Å². The Morgan fingerprint density at radius 2 is 1.62 bits per heavy atom. The van der Waals surface area contributed by atoms with Crippen molar-refractivity contribution < 1.29 is 14.3 Å². The molecule has 0 heterocycles. The number of benzene rings is 2. The Balaban J connectivity index is 2.36. The number of nitrogens with one attached hydrogen (secondary N) is 1. The molecule has 2 aromatic rings. The van der Waals surface area contributed by atoms with Gasteiger partial charge < -0.3 is 9.53 Å². The monoisotopic (exact) mass is 351 g/mol. The van der Waals surface area contributed by atoms with Gasteiger partial charge in [-0.3, -0.25) is 5.32 Å². The van der Waals surface area contributed by atoms with Crippen LogP contribution >= 0.6 is 0 Å². The van der Waals surface area contributed by atoms with Gasteiger partial charge in [-0.05, 0) is 31.9 Å². The first kappa shape index (κ1) is 19.4. The van der Waals surface area contributed by atoms with Crippen LogP contribution in [0.25, 0.3) is 5.70 Å². The molecular weight excluding hydrogens is 326 g/mol. The second-order valence-corrected chi connectivity index (χ2v) is 6.99. The fourth-order valence-electron chi connectivity index (χ4n) is 2.55. The predicted octanol–water partition coefficient (Wildman–Crippen LogP) is 4.93. The highest BCUT2D eigenvalue weighted by atomic mass is 16.6. The lowest BCUT2D eigenvalue weighted by atomic mass is 9.94. The number of allylic oxidation sites excluding steroid dienone is 1. The Labute approximate surface area is 154 Å². The molecule has 1 atom stereocenters. The number of alkyl carbamates (subject to hydrolysis) is 1. The molecule has 0 fully saturated rings. The van der Waals surface area contributed by atoms with Crippen molar-refractivity contribution in [3.8, 4) is 0 Å². The van der Waals surface area contributed by atoms with Crippen LogP contribution in [0.15, 0.2) is 66.7 Å². The minimum absolute atomic E-state index is 0.140. The molecule has 0 unspecified atom stereocenters. The van der Waals surface area contributed by atoms with Gasteiger partial charge in [0.15, 0.2) is 0 Å². The number of rotatable bonds is 6. The lowest BCUT2D eigenvalue weighted by Gasteiger charge is -2.21. The third-order valence-electron chi connectivity index (χ3n) is 3.67. The van der Waals surface area contributed by atoms with Gasteiger partial charge in [0.25, 0.3) is 0 Å². The molecule has 4 nitrogen and oxygen atoms in total. The smallest absolute Gasteiger partial charge is 0.412 e. The molecule has 0 aliphatic rings. The van der Waals surface area contributed by atoms with Crippen molar-refractivity contribution in [3.63, 3.8) is 0 Å². The molecule has 0 saturated heterocycles. The van der Waals surface area contributed by atoms with Crippen molar-refractivity contribution in [2.24, 2.45) is 0 Å². The SMILES string of the molecule is CC(C)(C)OC(=O)N/C(=C\[C@@H](CC=O)c1ccccc1)c1ccccc1. The van der Waals surface area contributed by atoms with Gasteiger partial charge in [-0.25, -0.2) is 4.79 Å². The van der Waals surface area contributed by atoms with E-state index in [1.165, 1.54) is 0 Å². The second kappa shape index (κ2) is 8.99. The number of carbonyl (C=O) groups excluding carboxylic acids is 2. The zero-order chi connectivity index (χ0) is 19.0. The summed E-state index contributed by atoms with van der Waals surface area (Å²) in [4.78, 5) is 23.4. The van der Waals surface area contributed by atoms with Crippen LogP contribution in [0.4, 0.5) is 4.79 Å². The minimum Gasteiger partial charge on any atom is -0.444 e. The van der Waals surface area contributed by atoms with Gasteiger partial charge in [-0.15, -0.1) is 0 Å². The van der Waals surface area contributed by atoms with Gasteiger partial charge >= 0.3 is 6.09 Å². The molecular formula is C22H25NO3. The lowest BCUT2D eigenvalue weighted by molar-refractivity contribution is -0.108. The van der Waals surface area contributed by atoms with Crippen LogP contribution < -0.4 is 5.32 Å². The summed E-state index contributed by atoms with van der Waals surface area (Å²) in [5.41, 5.74) is 1.90. The molecule has 1 N–H and O–H groups in total. The number of ether oxygens (including phenoxy) is 1. The maximum absolute atomic E-state index is 12.3. The first-order valence-electron chi connectivity index (χ1n) is 8.65. The van der Waals surface area contributed by atoms with Crippen LogP contribution in [0.2, 0.25) is 0 Å². The summed E-state index contributed by atoms with van der Waals surface area (Å²) in [6.45, 7) is 5.45. The average molecular weight is 351 g/mol. The molecule has 0 saturated carbocycles. The summed E-state index contributed by atoms with van der Waals surface area (Å²) >= 11 is 0. The maximum Gasteiger partial charge on any atom is 0.412 e. The van der Waals surface area contributed by atoms with Crippen molar-refractivity contribution in [1.29, 1.82) is 0 Å². The normalized spacial score (nSPS) is 13.0. The van der Waals surface area contributed by atoms with Crippen LogP contribution in [0.3, 0.4) is 0 Å². The highest BCUT2D eigenvalue weighted by molar-refractivity contribution is 5.82. The molecule has 26 heavy (non-hydrogen) atoms. The van der Waals surface area contributed by atoms with Gasteiger partial charge in [-0.2, -0.15) is 0 Å². The van der Waals surface area contributed by atoms with Gasteiger partial charge in [0.1, 0.15) is 11.9 Å². The van der Waals surface area contributed by atoms with Crippen LogP contribution in [0.1, 0.15) is 44.2 Å². The Bertz CT molecular complexity index is 746. The standard InChI is InChI=1S/C22H25NO3/c1-22(2,3)26-21(25)23-20(18-12-8-5-9-13-18)16-19(14-15-24)17-10-6-4-7-11-17/h4-13,15-16,19H,14H2,1-3H3,(H,23,25)/b20-16-/t19-/m1/s1. The third kappa shape index (κ3) is 6.20. The van der Waals surface area contributed by atoms with E-state index in [0.717, 1.165) is 17.4 Å². The Kier molecular flexibility index (Phi) is 6.73. The molecule has 2 aromatic carbocycles. The topological polar surface area (TPSA) is 55.4 Å². The average Bonchev–Trinajstić information content (AvgIpc) is 2.60. The molecule has 0 aromatic heterocycles. The first-order chi connectivity index (χ1) is 12.4. The Hall–Kier alpha value is -2.88. The van der Waals surface area contributed by atoms with E-state index >= 15 is 0 Å². The van der Waals surface area contributed by atoms with E-state index in [2.05, 4.69) is 5.32 Å². The molecule has 0 bridgehead atoms. The van der Waals surface area contributed by atoms with E-state index in [9.17, 15) is 9.59 Å². The Morgan fingerprint density at radius 3 is 2.15 bits per heavy atom. The Morgan fingerprint density at radius 1 is 1.04 bits per heavy atom. The van der Waals surface area contributed by atoms with E-state index in [1.807, 2.05) is 87.5 Å². The van der Waals surface area contributed by atoms with Crippen LogP contribution in [0, 0.1) is 0 Å². The number of carbonyl (C=O) groups is 2. The molecule has 0 radical (unpaired) electrons. The summed E-state index contributed by atoms with van der Waals surface area (Å²) in [6, 6.07) is 19.3. The quantitative estimate of drug-likeness (QED) is 0.751. The molecule has 2 rings (SSSR count). The minimum atomic E-state index is -0.590. The van der Waals surface area contributed by atoms with Gasteiger partial charge in [-0.1, -0.05) is 66.7 Å². The highest BCUT2D eigenvalue weighted by Crippen LogP contribution is 2.24. The van der Waals surface area contributed by atoms with Crippen molar-refractivity contribution in [1.82, 2.24) is 5.32 Å². The summed E-state index contributed by atoms with van der Waals surface area (Å²) in [5.74, 6) is -0.140. The molecule has 0 aliphatic carbocycles. The van der Waals surface area contributed by atoms with E-state index < -0.39 is 11.7 Å².